The number of esters is 1. The van der Waals surface area contributed by atoms with Crippen molar-refractivity contribution in [2.75, 3.05) is 24.7 Å². The van der Waals surface area contributed by atoms with Crippen LogP contribution in [0.3, 0.4) is 0 Å². The average molecular weight is 393 g/mol. The molecule has 0 saturated carbocycles. The Bertz CT molecular complexity index is 846. The second-order valence-electron chi connectivity index (χ2n) is 6.25. The Kier molecular flexibility index (Phi) is 6.16. The summed E-state index contributed by atoms with van der Waals surface area (Å²) in [5, 5.41) is 4.64. The molecule has 1 saturated heterocycles. The molecule has 2 aromatic rings. The fourth-order valence-corrected chi connectivity index (χ4v) is 4.56. The van der Waals surface area contributed by atoms with E-state index < -0.39 is 0 Å². The van der Waals surface area contributed by atoms with Crippen molar-refractivity contribution in [3.05, 3.63) is 40.4 Å². The lowest BCUT2D eigenvalue weighted by atomic mass is 10.2. The Balaban J connectivity index is 1.89. The van der Waals surface area contributed by atoms with E-state index in [1.54, 1.807) is 16.4 Å². The molecule has 0 N–H and O–H groups in total. The summed E-state index contributed by atoms with van der Waals surface area (Å²) in [4.78, 5) is 14.4. The van der Waals surface area contributed by atoms with Crippen molar-refractivity contribution >= 4 is 29.9 Å². The van der Waals surface area contributed by atoms with Gasteiger partial charge >= 0.3 is 5.97 Å². The highest BCUT2D eigenvalue weighted by Crippen LogP contribution is 2.20. The van der Waals surface area contributed by atoms with Crippen LogP contribution in [0.4, 0.5) is 0 Å². The number of rotatable bonds is 5. The number of carbonyl (C=O) groups excluding carboxylic acids is 1. The zero-order valence-corrected chi connectivity index (χ0v) is 17.0. The number of carbonyl (C=O) groups is 1. The van der Waals surface area contributed by atoms with Crippen LogP contribution in [0.5, 0.6) is 0 Å². The summed E-state index contributed by atoms with van der Waals surface area (Å²) in [6.45, 7) is 7.55. The smallest absolute Gasteiger partial charge is 0.324 e. The molecule has 0 amide bonds. The van der Waals surface area contributed by atoms with Gasteiger partial charge in [-0.05, 0) is 44.6 Å². The van der Waals surface area contributed by atoms with Crippen molar-refractivity contribution < 1.29 is 9.53 Å². The van der Waals surface area contributed by atoms with Gasteiger partial charge in [0.05, 0.1) is 19.0 Å². The quantitative estimate of drug-likeness (QED) is 0.576. The number of hydrogen-bond donors (Lipinski definition) is 0. The second kappa shape index (κ2) is 8.37. The maximum Gasteiger partial charge on any atom is 0.324 e. The number of ether oxygens (including phenoxy) is 1. The van der Waals surface area contributed by atoms with Crippen LogP contribution in [0.15, 0.2) is 24.3 Å². The van der Waals surface area contributed by atoms with E-state index in [0.717, 1.165) is 35.1 Å². The molecule has 1 aromatic heterocycles. The van der Waals surface area contributed by atoms with E-state index in [-0.39, 0.29) is 12.0 Å². The van der Waals surface area contributed by atoms with Crippen LogP contribution in [0.2, 0.25) is 0 Å². The lowest BCUT2D eigenvalue weighted by molar-refractivity contribution is -0.149. The van der Waals surface area contributed by atoms with Crippen molar-refractivity contribution in [2.45, 2.75) is 33.5 Å². The molecular formula is C18H24N4O2S2. The molecular weight excluding hydrogens is 368 g/mol. The van der Waals surface area contributed by atoms with Gasteiger partial charge in [0.15, 0.2) is 0 Å². The second-order valence-corrected chi connectivity index (χ2v) is 7.76. The Morgan fingerprint density at radius 3 is 2.88 bits per heavy atom. The molecule has 1 fully saturated rings. The molecule has 26 heavy (non-hydrogen) atoms. The van der Waals surface area contributed by atoms with E-state index in [9.17, 15) is 4.79 Å². The van der Waals surface area contributed by atoms with Gasteiger partial charge in [0, 0.05) is 18.1 Å². The highest BCUT2D eigenvalue weighted by atomic mass is 32.2. The highest BCUT2D eigenvalue weighted by Gasteiger charge is 2.31. The van der Waals surface area contributed by atoms with Crippen molar-refractivity contribution in [2.24, 2.45) is 0 Å². The minimum absolute atomic E-state index is 0.165. The average Bonchev–Trinajstić information content (AvgIpc) is 2.90. The Morgan fingerprint density at radius 2 is 2.15 bits per heavy atom. The van der Waals surface area contributed by atoms with Gasteiger partial charge in [-0.2, -0.15) is 16.9 Å². The molecule has 0 bridgehead atoms. The molecule has 0 unspecified atom stereocenters. The molecule has 2 heterocycles. The van der Waals surface area contributed by atoms with E-state index in [0.29, 0.717) is 18.0 Å². The van der Waals surface area contributed by atoms with Crippen LogP contribution in [0.25, 0.3) is 5.69 Å². The van der Waals surface area contributed by atoms with Gasteiger partial charge in [0.1, 0.15) is 11.9 Å². The minimum atomic E-state index is -0.250. The summed E-state index contributed by atoms with van der Waals surface area (Å²) < 4.78 is 9.67. The SMILES string of the molecule is CCOC(=O)[C@@H]1CSCCN1Cn1nc(C)n(-c2ccccc2C)c1=S. The fraction of sp³-hybridized carbons (Fsp3) is 0.500. The highest BCUT2D eigenvalue weighted by molar-refractivity contribution is 7.99. The number of aromatic nitrogens is 3. The van der Waals surface area contributed by atoms with Crippen LogP contribution in [-0.4, -0.2) is 55.9 Å². The molecule has 1 aromatic carbocycles. The van der Waals surface area contributed by atoms with Crippen molar-refractivity contribution in [1.82, 2.24) is 19.2 Å². The van der Waals surface area contributed by atoms with E-state index >= 15 is 0 Å². The predicted octanol–water partition coefficient (Wildman–Crippen LogP) is 2.96. The Morgan fingerprint density at radius 1 is 1.38 bits per heavy atom. The van der Waals surface area contributed by atoms with E-state index in [1.165, 1.54) is 0 Å². The monoisotopic (exact) mass is 392 g/mol. The van der Waals surface area contributed by atoms with Gasteiger partial charge in [0.25, 0.3) is 0 Å². The molecule has 1 aliphatic heterocycles. The third-order valence-corrected chi connectivity index (χ3v) is 5.89. The molecule has 8 heteroatoms. The van der Waals surface area contributed by atoms with E-state index in [4.69, 9.17) is 17.0 Å². The number of thioether (sulfide) groups is 1. The standard InChI is InChI=1S/C18H24N4O2S2/c1-4-24-17(23)16-11-26-10-9-20(16)12-21-18(25)22(14(3)19-21)15-8-6-5-7-13(15)2/h5-8,16H,4,9-12H2,1-3H3/t16-/m0/s1. The molecule has 0 spiro atoms. The number of benzene rings is 1. The van der Waals surface area contributed by atoms with Gasteiger partial charge in [-0.3, -0.25) is 14.3 Å². The first-order valence-corrected chi connectivity index (χ1v) is 10.3. The van der Waals surface area contributed by atoms with Gasteiger partial charge in [-0.25, -0.2) is 4.68 Å². The summed E-state index contributed by atoms with van der Waals surface area (Å²) in [6.07, 6.45) is 0. The summed E-state index contributed by atoms with van der Waals surface area (Å²) in [5.74, 6) is 2.40. The predicted molar refractivity (Wildman–Crippen MR) is 106 cm³/mol. The lowest BCUT2D eigenvalue weighted by Crippen LogP contribution is -2.48. The van der Waals surface area contributed by atoms with Crippen LogP contribution in [0, 0.1) is 18.6 Å². The number of aryl methyl sites for hydroxylation is 2. The summed E-state index contributed by atoms with van der Waals surface area (Å²) in [6, 6.07) is 7.87. The molecule has 0 aliphatic carbocycles. The van der Waals surface area contributed by atoms with E-state index in [2.05, 4.69) is 23.0 Å². The van der Waals surface area contributed by atoms with Crippen molar-refractivity contribution in [1.29, 1.82) is 0 Å². The third kappa shape index (κ3) is 3.87. The fourth-order valence-electron chi connectivity index (χ4n) is 3.13. The third-order valence-electron chi connectivity index (χ3n) is 4.47. The number of nitrogens with zero attached hydrogens (tertiary/aromatic N) is 4. The molecule has 0 radical (unpaired) electrons. The topological polar surface area (TPSA) is 52.3 Å². The summed E-state index contributed by atoms with van der Waals surface area (Å²) in [5.41, 5.74) is 2.18. The Labute approximate surface area is 163 Å². The molecule has 140 valence electrons. The van der Waals surface area contributed by atoms with Crippen LogP contribution in [0.1, 0.15) is 18.3 Å². The van der Waals surface area contributed by atoms with E-state index in [1.807, 2.05) is 36.6 Å². The van der Waals surface area contributed by atoms with Crippen LogP contribution >= 0.6 is 24.0 Å². The molecule has 6 nitrogen and oxygen atoms in total. The Hall–Kier alpha value is -1.64. The first-order valence-electron chi connectivity index (χ1n) is 8.73. The van der Waals surface area contributed by atoms with Crippen LogP contribution < -0.4 is 0 Å². The largest absolute Gasteiger partial charge is 0.465 e. The van der Waals surface area contributed by atoms with Gasteiger partial charge < -0.3 is 4.74 Å². The maximum atomic E-state index is 12.3. The molecule has 1 aliphatic rings. The lowest BCUT2D eigenvalue weighted by Gasteiger charge is -2.33. The summed E-state index contributed by atoms with van der Waals surface area (Å²) >= 11 is 7.47. The maximum absolute atomic E-state index is 12.3. The van der Waals surface area contributed by atoms with Crippen molar-refractivity contribution in [3.63, 3.8) is 0 Å². The molecule has 3 rings (SSSR count). The number of hydrogen-bond acceptors (Lipinski definition) is 6. The van der Waals surface area contributed by atoms with Crippen molar-refractivity contribution in [3.8, 4) is 5.69 Å². The zero-order chi connectivity index (χ0) is 18.7. The van der Waals surface area contributed by atoms with Crippen LogP contribution in [-0.2, 0) is 16.2 Å². The first kappa shape index (κ1) is 19.1. The normalized spacial score (nSPS) is 18.0. The molecule has 1 atom stereocenters. The number of para-hydroxylation sites is 1. The first-order chi connectivity index (χ1) is 12.5. The summed E-state index contributed by atoms with van der Waals surface area (Å²) in [7, 11) is 0. The van der Waals surface area contributed by atoms with Gasteiger partial charge in [-0.1, -0.05) is 18.2 Å². The minimum Gasteiger partial charge on any atom is -0.465 e. The zero-order valence-electron chi connectivity index (χ0n) is 15.3. The van der Waals surface area contributed by atoms with Gasteiger partial charge in [0.2, 0.25) is 4.77 Å². The van der Waals surface area contributed by atoms with Gasteiger partial charge in [-0.15, -0.1) is 0 Å².